The maximum atomic E-state index is 12.1. The zero-order chi connectivity index (χ0) is 15.8. The fourth-order valence-corrected chi connectivity index (χ4v) is 2.35. The summed E-state index contributed by atoms with van der Waals surface area (Å²) >= 11 is 0. The summed E-state index contributed by atoms with van der Waals surface area (Å²) in [6.45, 7) is 7.80. The predicted octanol–water partition coefficient (Wildman–Crippen LogP) is 2.52. The van der Waals surface area contributed by atoms with Gasteiger partial charge in [0.15, 0.2) is 0 Å². The van der Waals surface area contributed by atoms with Gasteiger partial charge in [0.2, 0.25) is 5.91 Å². The van der Waals surface area contributed by atoms with Gasteiger partial charge in [-0.2, -0.15) is 0 Å². The van der Waals surface area contributed by atoms with Gasteiger partial charge >= 0.3 is 0 Å². The first-order chi connectivity index (χ1) is 9.93. The van der Waals surface area contributed by atoms with Crippen molar-refractivity contribution in [1.82, 2.24) is 4.90 Å². The summed E-state index contributed by atoms with van der Waals surface area (Å²) in [7, 11) is 1.83. The van der Waals surface area contributed by atoms with Gasteiger partial charge in [-0.25, -0.2) is 0 Å². The molecule has 1 atom stereocenters. The lowest BCUT2D eigenvalue weighted by Crippen LogP contribution is -2.35. The molecule has 0 spiro atoms. The number of rotatable bonds is 8. The number of carbonyl (C=O) groups is 1. The molecule has 4 heteroatoms. The van der Waals surface area contributed by atoms with Crippen LogP contribution in [-0.2, 0) is 4.79 Å². The normalized spacial score (nSPS) is 12.0. The van der Waals surface area contributed by atoms with Crippen LogP contribution in [0.1, 0.15) is 30.9 Å². The Kier molecular flexibility index (Phi) is 7.23. The fraction of sp³-hybridized carbons (Fsp3) is 0.588. The third-order valence-electron chi connectivity index (χ3n) is 3.53. The second-order valence-corrected chi connectivity index (χ2v) is 5.76. The third kappa shape index (κ3) is 6.17. The molecule has 0 heterocycles. The van der Waals surface area contributed by atoms with Gasteiger partial charge in [0.05, 0.1) is 6.54 Å². The molecule has 0 bridgehead atoms. The van der Waals surface area contributed by atoms with Gasteiger partial charge in [0.25, 0.3) is 0 Å². The molecule has 118 valence electrons. The highest BCUT2D eigenvalue weighted by atomic mass is 16.5. The Morgan fingerprint density at radius 3 is 2.48 bits per heavy atom. The van der Waals surface area contributed by atoms with Crippen LogP contribution >= 0.6 is 0 Å². The van der Waals surface area contributed by atoms with Gasteiger partial charge in [0.1, 0.15) is 12.4 Å². The van der Waals surface area contributed by atoms with E-state index in [2.05, 4.69) is 19.9 Å². The number of nitrogens with two attached hydrogens (primary N) is 1. The number of nitrogens with zero attached hydrogens (tertiary/aromatic N) is 1. The summed E-state index contributed by atoms with van der Waals surface area (Å²) in [4.78, 5) is 13.9. The molecule has 1 aromatic carbocycles. The molecule has 0 fully saturated rings. The zero-order valence-corrected chi connectivity index (χ0v) is 13.7. The van der Waals surface area contributed by atoms with E-state index in [-0.39, 0.29) is 11.8 Å². The molecule has 1 aromatic rings. The Morgan fingerprint density at radius 1 is 1.29 bits per heavy atom. The largest absolute Gasteiger partial charge is 0.492 e. The molecule has 0 aliphatic heterocycles. The summed E-state index contributed by atoms with van der Waals surface area (Å²) in [5, 5.41) is 0. The van der Waals surface area contributed by atoms with E-state index in [1.54, 1.807) is 4.90 Å². The van der Waals surface area contributed by atoms with Gasteiger partial charge in [-0.1, -0.05) is 13.0 Å². The van der Waals surface area contributed by atoms with Crippen LogP contribution in [0, 0.1) is 19.8 Å². The molecule has 0 aliphatic carbocycles. The predicted molar refractivity (Wildman–Crippen MR) is 86.5 cm³/mol. The summed E-state index contributed by atoms with van der Waals surface area (Å²) in [6, 6.07) is 6.14. The first-order valence-corrected chi connectivity index (χ1v) is 7.60. The molecule has 0 radical (unpaired) electrons. The van der Waals surface area contributed by atoms with Crippen molar-refractivity contribution < 1.29 is 9.53 Å². The van der Waals surface area contributed by atoms with Crippen molar-refractivity contribution in [2.45, 2.75) is 33.6 Å². The Morgan fingerprint density at radius 2 is 1.90 bits per heavy atom. The minimum Gasteiger partial charge on any atom is -0.492 e. The lowest BCUT2D eigenvalue weighted by Gasteiger charge is -2.21. The summed E-state index contributed by atoms with van der Waals surface area (Å²) < 4.78 is 5.74. The van der Waals surface area contributed by atoms with Crippen molar-refractivity contribution in [3.05, 3.63) is 29.3 Å². The quantitative estimate of drug-likeness (QED) is 0.801. The fourth-order valence-electron chi connectivity index (χ4n) is 2.35. The molecule has 2 N–H and O–H groups in total. The van der Waals surface area contributed by atoms with Crippen LogP contribution in [-0.4, -0.2) is 37.6 Å². The number of hydrogen-bond donors (Lipinski definition) is 1. The molecule has 0 aliphatic rings. The first kappa shape index (κ1) is 17.5. The standard InChI is InChI=1S/C17H28N2O2/c1-13-10-14(2)12-16(11-13)21-9-8-19(4)17(20)15(3)6-5-7-18/h10-12,15H,5-9,18H2,1-4H3. The van der Waals surface area contributed by atoms with Crippen LogP contribution in [0.3, 0.4) is 0 Å². The van der Waals surface area contributed by atoms with Crippen LogP contribution in [0.15, 0.2) is 18.2 Å². The molecule has 0 saturated heterocycles. The highest BCUT2D eigenvalue weighted by molar-refractivity contribution is 5.78. The lowest BCUT2D eigenvalue weighted by atomic mass is 10.0. The number of amides is 1. The first-order valence-electron chi connectivity index (χ1n) is 7.60. The topological polar surface area (TPSA) is 55.6 Å². The molecule has 4 nitrogen and oxygen atoms in total. The number of carbonyl (C=O) groups excluding carboxylic acids is 1. The molecule has 0 aromatic heterocycles. The average molecular weight is 292 g/mol. The number of benzene rings is 1. The van der Waals surface area contributed by atoms with Crippen LogP contribution < -0.4 is 10.5 Å². The van der Waals surface area contributed by atoms with E-state index >= 15 is 0 Å². The van der Waals surface area contributed by atoms with E-state index in [0.717, 1.165) is 18.6 Å². The van der Waals surface area contributed by atoms with Crippen molar-refractivity contribution in [3.63, 3.8) is 0 Å². The molecular weight excluding hydrogens is 264 g/mol. The molecule has 1 amide bonds. The summed E-state index contributed by atoms with van der Waals surface area (Å²) in [5.74, 6) is 1.05. The Balaban J connectivity index is 2.38. The molecule has 1 unspecified atom stereocenters. The van der Waals surface area contributed by atoms with E-state index < -0.39 is 0 Å². The van der Waals surface area contributed by atoms with Crippen LogP contribution in [0.25, 0.3) is 0 Å². The number of hydrogen-bond acceptors (Lipinski definition) is 3. The van der Waals surface area contributed by atoms with Crippen molar-refractivity contribution >= 4 is 5.91 Å². The van der Waals surface area contributed by atoms with Crippen molar-refractivity contribution in [1.29, 1.82) is 0 Å². The minimum absolute atomic E-state index is 0.0276. The molecule has 21 heavy (non-hydrogen) atoms. The average Bonchev–Trinajstić information content (AvgIpc) is 2.42. The smallest absolute Gasteiger partial charge is 0.225 e. The number of likely N-dealkylation sites (N-methyl/N-ethyl adjacent to an activating group) is 1. The number of aryl methyl sites for hydroxylation is 2. The van der Waals surface area contributed by atoms with E-state index in [9.17, 15) is 4.79 Å². The van der Waals surface area contributed by atoms with Gasteiger partial charge in [-0.05, 0) is 56.5 Å². The van der Waals surface area contributed by atoms with E-state index in [4.69, 9.17) is 10.5 Å². The Bertz CT molecular complexity index is 440. The second kappa shape index (κ2) is 8.67. The van der Waals surface area contributed by atoms with E-state index in [1.807, 2.05) is 26.1 Å². The SMILES string of the molecule is Cc1cc(C)cc(OCCN(C)C(=O)C(C)CCCN)c1. The maximum Gasteiger partial charge on any atom is 0.225 e. The lowest BCUT2D eigenvalue weighted by molar-refractivity contribution is -0.134. The third-order valence-corrected chi connectivity index (χ3v) is 3.53. The van der Waals surface area contributed by atoms with E-state index in [1.165, 1.54) is 11.1 Å². The monoisotopic (exact) mass is 292 g/mol. The summed E-state index contributed by atoms with van der Waals surface area (Å²) in [6.07, 6.45) is 1.73. The highest BCUT2D eigenvalue weighted by Crippen LogP contribution is 2.16. The zero-order valence-electron chi connectivity index (χ0n) is 13.7. The number of ether oxygens (including phenoxy) is 1. The molecular formula is C17H28N2O2. The molecule has 1 rings (SSSR count). The maximum absolute atomic E-state index is 12.1. The Hall–Kier alpha value is -1.55. The minimum atomic E-state index is 0.0276. The summed E-state index contributed by atoms with van der Waals surface area (Å²) in [5.41, 5.74) is 7.85. The molecule has 0 saturated carbocycles. The van der Waals surface area contributed by atoms with Crippen molar-refractivity contribution in [2.75, 3.05) is 26.7 Å². The van der Waals surface area contributed by atoms with E-state index in [0.29, 0.717) is 19.7 Å². The Labute approximate surface area is 128 Å². The van der Waals surface area contributed by atoms with Gasteiger partial charge < -0.3 is 15.4 Å². The second-order valence-electron chi connectivity index (χ2n) is 5.76. The van der Waals surface area contributed by atoms with Gasteiger partial charge in [-0.3, -0.25) is 4.79 Å². The van der Waals surface area contributed by atoms with Crippen LogP contribution in [0.2, 0.25) is 0 Å². The van der Waals surface area contributed by atoms with Gasteiger partial charge in [-0.15, -0.1) is 0 Å². The van der Waals surface area contributed by atoms with Crippen LogP contribution in [0.5, 0.6) is 5.75 Å². The highest BCUT2D eigenvalue weighted by Gasteiger charge is 2.16. The van der Waals surface area contributed by atoms with Crippen LogP contribution in [0.4, 0.5) is 0 Å². The van der Waals surface area contributed by atoms with Crippen molar-refractivity contribution in [3.8, 4) is 5.75 Å². The van der Waals surface area contributed by atoms with Crippen molar-refractivity contribution in [2.24, 2.45) is 11.7 Å². The van der Waals surface area contributed by atoms with Gasteiger partial charge in [0, 0.05) is 13.0 Å².